The molecule has 1 N–H and O–H groups in total. The van der Waals surface area contributed by atoms with Crippen molar-refractivity contribution in [1.82, 2.24) is 10.2 Å². The van der Waals surface area contributed by atoms with E-state index in [-0.39, 0.29) is 18.1 Å². The molecule has 1 aromatic carbocycles. The van der Waals surface area contributed by atoms with Gasteiger partial charge in [0.2, 0.25) is 0 Å². The van der Waals surface area contributed by atoms with Gasteiger partial charge in [0, 0.05) is 5.56 Å². The van der Waals surface area contributed by atoms with Crippen molar-refractivity contribution in [3.8, 4) is 16.9 Å². The highest BCUT2D eigenvalue weighted by Gasteiger charge is 2.74. The van der Waals surface area contributed by atoms with Gasteiger partial charge in [0.1, 0.15) is 12.5 Å². The molecule has 2 rings (SSSR count). The van der Waals surface area contributed by atoms with Crippen LogP contribution in [-0.4, -0.2) is 41.0 Å². The number of alkyl halides is 7. The van der Waals surface area contributed by atoms with Gasteiger partial charge in [0.15, 0.2) is 17.1 Å². The average molecular weight is 469 g/mol. The fraction of sp³-hybridized carbons (Fsp3) is 0.333. The molecular weight excluding hydrogens is 460 g/mol. The summed E-state index contributed by atoms with van der Waals surface area (Å²) in [5.74, 6) is -12.2. The molecule has 0 fully saturated rings. The standard InChI is InChI=1S/C15H9Cl2F7N2O3/c16-11-9(7-1-3-8(4-2-7)29-6-28-5-27)10(12(17)26-25-11)13(18,19)14(20,21)15(22,23)24/h1-4,27H,5-6H2. The molecular formula is C15H9Cl2F7N2O3. The minimum atomic E-state index is -6.59. The van der Waals surface area contributed by atoms with E-state index >= 15 is 0 Å². The number of hydrogen-bond acceptors (Lipinski definition) is 5. The lowest BCUT2D eigenvalue weighted by Crippen LogP contribution is -2.50. The Morgan fingerprint density at radius 1 is 0.897 bits per heavy atom. The monoisotopic (exact) mass is 468 g/mol. The van der Waals surface area contributed by atoms with Crippen molar-refractivity contribution in [1.29, 1.82) is 0 Å². The van der Waals surface area contributed by atoms with E-state index < -0.39 is 46.2 Å². The van der Waals surface area contributed by atoms with Crippen LogP contribution in [0, 0.1) is 0 Å². The van der Waals surface area contributed by atoms with Crippen LogP contribution in [0.25, 0.3) is 11.1 Å². The van der Waals surface area contributed by atoms with Crippen molar-refractivity contribution in [3.63, 3.8) is 0 Å². The zero-order valence-electron chi connectivity index (χ0n) is 13.8. The molecule has 0 amide bonds. The maximum atomic E-state index is 14.4. The molecule has 29 heavy (non-hydrogen) atoms. The topological polar surface area (TPSA) is 64.5 Å². The van der Waals surface area contributed by atoms with Crippen LogP contribution in [0.2, 0.25) is 10.3 Å². The van der Waals surface area contributed by atoms with E-state index in [4.69, 9.17) is 33.0 Å². The fourth-order valence-corrected chi connectivity index (χ4v) is 2.64. The first-order valence-electron chi connectivity index (χ1n) is 7.31. The van der Waals surface area contributed by atoms with E-state index in [1.54, 1.807) is 0 Å². The van der Waals surface area contributed by atoms with Crippen molar-refractivity contribution < 1.29 is 45.3 Å². The maximum absolute atomic E-state index is 14.4. The molecule has 0 saturated carbocycles. The van der Waals surface area contributed by atoms with Gasteiger partial charge < -0.3 is 14.6 Å². The Morgan fingerprint density at radius 2 is 1.45 bits per heavy atom. The number of halogens is 9. The first kappa shape index (κ1) is 23.4. The second-order valence-corrected chi connectivity index (χ2v) is 6.01. The van der Waals surface area contributed by atoms with Gasteiger partial charge in [-0.2, -0.15) is 30.7 Å². The third-order valence-electron chi connectivity index (χ3n) is 3.50. The lowest BCUT2D eigenvalue weighted by molar-refractivity contribution is -0.359. The normalized spacial score (nSPS) is 12.9. The highest BCUT2D eigenvalue weighted by Crippen LogP contribution is 2.55. The number of aromatic nitrogens is 2. The van der Waals surface area contributed by atoms with Gasteiger partial charge in [-0.05, 0) is 17.7 Å². The van der Waals surface area contributed by atoms with Gasteiger partial charge in [-0.1, -0.05) is 35.3 Å². The molecule has 14 heteroatoms. The fourth-order valence-electron chi connectivity index (χ4n) is 2.14. The Morgan fingerprint density at radius 3 is 1.97 bits per heavy atom. The predicted octanol–water partition coefficient (Wildman–Crippen LogP) is 5.04. The Hall–Kier alpha value is -1.89. The molecule has 0 radical (unpaired) electrons. The molecule has 160 valence electrons. The summed E-state index contributed by atoms with van der Waals surface area (Å²) in [6, 6.07) is 4.40. The van der Waals surface area contributed by atoms with E-state index in [1.165, 1.54) is 0 Å². The van der Waals surface area contributed by atoms with Gasteiger partial charge in [-0.15, -0.1) is 10.2 Å². The average Bonchev–Trinajstić information content (AvgIpc) is 2.63. The smallest absolute Gasteiger partial charge is 0.460 e. The Bertz CT molecular complexity index is 864. The van der Waals surface area contributed by atoms with Crippen LogP contribution in [0.3, 0.4) is 0 Å². The van der Waals surface area contributed by atoms with E-state index in [0.717, 1.165) is 24.3 Å². The van der Waals surface area contributed by atoms with Crippen molar-refractivity contribution in [2.24, 2.45) is 0 Å². The van der Waals surface area contributed by atoms with Crippen LogP contribution < -0.4 is 4.74 Å². The highest BCUT2D eigenvalue weighted by atomic mass is 35.5. The van der Waals surface area contributed by atoms with Gasteiger partial charge in [-0.3, -0.25) is 0 Å². The summed E-state index contributed by atoms with van der Waals surface area (Å²) >= 11 is 11.1. The summed E-state index contributed by atoms with van der Waals surface area (Å²) in [4.78, 5) is 0. The molecule has 5 nitrogen and oxygen atoms in total. The summed E-state index contributed by atoms with van der Waals surface area (Å²) < 4.78 is 103. The zero-order valence-corrected chi connectivity index (χ0v) is 15.3. The van der Waals surface area contributed by atoms with Crippen molar-refractivity contribution >= 4 is 23.2 Å². The Kier molecular flexibility index (Phi) is 6.82. The van der Waals surface area contributed by atoms with Crippen LogP contribution in [-0.2, 0) is 10.7 Å². The second-order valence-electron chi connectivity index (χ2n) is 5.30. The number of rotatable bonds is 7. The highest BCUT2D eigenvalue weighted by molar-refractivity contribution is 6.34. The SMILES string of the molecule is OCOCOc1ccc(-c2c(Cl)nnc(Cl)c2C(F)(F)C(F)(F)C(F)(F)F)cc1. The number of aliphatic hydroxyl groups excluding tert-OH is 1. The Labute approximate surface area is 168 Å². The summed E-state index contributed by atoms with van der Waals surface area (Å²) in [7, 11) is 0. The van der Waals surface area contributed by atoms with E-state index in [0.29, 0.717) is 0 Å². The number of benzene rings is 1. The van der Waals surface area contributed by atoms with Gasteiger partial charge in [0.25, 0.3) is 0 Å². The van der Waals surface area contributed by atoms with Gasteiger partial charge >= 0.3 is 18.0 Å². The molecule has 0 aliphatic rings. The minimum absolute atomic E-state index is 0.0976. The molecule has 0 saturated heterocycles. The van der Waals surface area contributed by atoms with Crippen LogP contribution in [0.15, 0.2) is 24.3 Å². The van der Waals surface area contributed by atoms with E-state index in [2.05, 4.69) is 14.9 Å². The lowest BCUT2D eigenvalue weighted by atomic mass is 9.95. The van der Waals surface area contributed by atoms with Crippen molar-refractivity contribution in [2.45, 2.75) is 18.0 Å². The lowest BCUT2D eigenvalue weighted by Gasteiger charge is -2.30. The van der Waals surface area contributed by atoms with Crippen LogP contribution in [0.4, 0.5) is 30.7 Å². The molecule has 2 aromatic rings. The maximum Gasteiger partial charge on any atom is 0.460 e. The summed E-state index contributed by atoms with van der Waals surface area (Å²) in [5, 5.41) is 12.3. The summed E-state index contributed by atoms with van der Waals surface area (Å²) in [5.41, 5.74) is -3.20. The first-order chi connectivity index (χ1) is 13.3. The number of hydrogen-bond donors (Lipinski definition) is 1. The quantitative estimate of drug-likeness (QED) is 0.350. The first-order valence-corrected chi connectivity index (χ1v) is 8.06. The molecule has 0 atom stereocenters. The van der Waals surface area contributed by atoms with E-state index in [9.17, 15) is 30.7 Å². The van der Waals surface area contributed by atoms with Crippen molar-refractivity contribution in [2.75, 3.05) is 13.6 Å². The number of aliphatic hydroxyl groups is 1. The third kappa shape index (κ3) is 4.49. The summed E-state index contributed by atoms with van der Waals surface area (Å²) in [6.45, 7) is -1.01. The van der Waals surface area contributed by atoms with Crippen LogP contribution >= 0.6 is 23.2 Å². The zero-order chi connectivity index (χ0) is 22.0. The number of nitrogens with zero attached hydrogens (tertiary/aromatic N) is 2. The molecule has 0 aliphatic heterocycles. The number of ether oxygens (including phenoxy) is 2. The Balaban J connectivity index is 2.59. The molecule has 1 heterocycles. The molecule has 1 aromatic heterocycles. The molecule has 0 spiro atoms. The largest absolute Gasteiger partial charge is 0.467 e. The van der Waals surface area contributed by atoms with Gasteiger partial charge in [0.05, 0.1) is 5.56 Å². The molecule has 0 bridgehead atoms. The van der Waals surface area contributed by atoms with Crippen LogP contribution in [0.1, 0.15) is 5.56 Å². The third-order valence-corrected chi connectivity index (χ3v) is 4.02. The summed E-state index contributed by atoms with van der Waals surface area (Å²) in [6.07, 6.45) is -6.59. The predicted molar refractivity (Wildman–Crippen MR) is 86.0 cm³/mol. The molecule has 0 unspecified atom stereocenters. The molecule has 0 aliphatic carbocycles. The van der Waals surface area contributed by atoms with E-state index in [1.807, 2.05) is 0 Å². The minimum Gasteiger partial charge on any atom is -0.467 e. The van der Waals surface area contributed by atoms with Crippen LogP contribution in [0.5, 0.6) is 5.75 Å². The second kappa shape index (κ2) is 8.46. The van der Waals surface area contributed by atoms with Gasteiger partial charge in [-0.25, -0.2) is 0 Å². The van der Waals surface area contributed by atoms with Crippen molar-refractivity contribution in [3.05, 3.63) is 40.1 Å².